The quantitative estimate of drug-likeness (QED) is 0.913. The molecule has 0 aliphatic heterocycles. The number of nitrogens with zero attached hydrogens (tertiary/aromatic N) is 2. The Morgan fingerprint density at radius 2 is 2.10 bits per heavy atom. The van der Waals surface area contributed by atoms with E-state index in [1.54, 1.807) is 6.92 Å². The van der Waals surface area contributed by atoms with Gasteiger partial charge in [0, 0.05) is 0 Å². The van der Waals surface area contributed by atoms with Crippen LogP contribution in [0.1, 0.15) is 21.7 Å². The molecule has 0 saturated carbocycles. The fourth-order valence-electron chi connectivity index (χ4n) is 1.51. The van der Waals surface area contributed by atoms with E-state index in [-0.39, 0.29) is 21.2 Å². The highest BCUT2D eigenvalue weighted by molar-refractivity contribution is 7.90. The molecule has 9 heteroatoms. The third-order valence-corrected chi connectivity index (χ3v) is 4.54. The van der Waals surface area contributed by atoms with E-state index >= 15 is 0 Å². The molecule has 0 bridgehead atoms. The van der Waals surface area contributed by atoms with E-state index in [1.165, 1.54) is 6.07 Å². The molecule has 0 radical (unpaired) electrons. The van der Waals surface area contributed by atoms with E-state index in [1.807, 2.05) is 0 Å². The van der Waals surface area contributed by atoms with Crippen LogP contribution >= 0.6 is 11.6 Å². The maximum absolute atomic E-state index is 12.2. The summed E-state index contributed by atoms with van der Waals surface area (Å²) in [4.78, 5) is 10.7. The zero-order chi connectivity index (χ0) is 14.9. The van der Waals surface area contributed by atoms with Gasteiger partial charge in [-0.2, -0.15) is 0 Å². The van der Waals surface area contributed by atoms with Crippen molar-refractivity contribution in [3.8, 4) is 0 Å². The summed E-state index contributed by atoms with van der Waals surface area (Å²) in [5.41, 5.74) is 0.412. The maximum Gasteiger partial charge on any atom is 0.337 e. The Balaban J connectivity index is 2.38. The van der Waals surface area contributed by atoms with Crippen LogP contribution in [0.15, 0.2) is 27.7 Å². The normalized spacial score (nSPS) is 11.5. The first-order chi connectivity index (χ1) is 9.31. The molecule has 1 aromatic heterocycles. The second-order valence-electron chi connectivity index (χ2n) is 4.00. The van der Waals surface area contributed by atoms with Crippen molar-refractivity contribution in [3.05, 3.63) is 40.2 Å². The summed E-state index contributed by atoms with van der Waals surface area (Å²) in [7, 11) is -3.71. The van der Waals surface area contributed by atoms with Gasteiger partial charge >= 0.3 is 5.97 Å². The minimum absolute atomic E-state index is 0.0881. The molecular formula is C11H9ClN2O5S. The zero-order valence-corrected chi connectivity index (χ0v) is 11.8. The number of rotatable bonds is 4. The Hall–Kier alpha value is -1.93. The monoisotopic (exact) mass is 316 g/mol. The number of aromatic nitrogens is 2. The number of hydrogen-bond donors (Lipinski definition) is 1. The molecule has 0 spiro atoms. The number of halogens is 1. The van der Waals surface area contributed by atoms with E-state index in [0.29, 0.717) is 5.69 Å². The topological polar surface area (TPSA) is 110 Å². The highest BCUT2D eigenvalue weighted by Gasteiger charge is 2.21. The van der Waals surface area contributed by atoms with Gasteiger partial charge in [-0.25, -0.2) is 17.8 Å². The lowest BCUT2D eigenvalue weighted by atomic mass is 10.2. The molecule has 20 heavy (non-hydrogen) atoms. The zero-order valence-electron chi connectivity index (χ0n) is 10.2. The van der Waals surface area contributed by atoms with Crippen LogP contribution in [-0.4, -0.2) is 29.8 Å². The fraction of sp³-hybridized carbons (Fsp3) is 0.182. The molecule has 0 fully saturated rings. The van der Waals surface area contributed by atoms with Crippen molar-refractivity contribution in [1.82, 2.24) is 10.3 Å². The predicted molar refractivity (Wildman–Crippen MR) is 68.3 cm³/mol. The summed E-state index contributed by atoms with van der Waals surface area (Å²) >= 11 is 5.75. The lowest BCUT2D eigenvalue weighted by Crippen LogP contribution is -2.07. The third-order valence-electron chi connectivity index (χ3n) is 2.60. The standard InChI is InChI=1S/C11H9ClN2O5S/c1-6-10(14-19-13-6)5-20(17,18)7-2-3-8(11(15)16)9(12)4-7/h2-4H,5H2,1H3,(H,15,16). The van der Waals surface area contributed by atoms with Crippen molar-refractivity contribution < 1.29 is 22.9 Å². The largest absolute Gasteiger partial charge is 0.478 e. The molecule has 2 aromatic rings. The number of benzene rings is 1. The van der Waals surface area contributed by atoms with Gasteiger partial charge < -0.3 is 5.11 Å². The van der Waals surface area contributed by atoms with Crippen molar-refractivity contribution in [1.29, 1.82) is 0 Å². The van der Waals surface area contributed by atoms with Crippen LogP contribution in [0.3, 0.4) is 0 Å². The molecule has 0 unspecified atom stereocenters. The van der Waals surface area contributed by atoms with Gasteiger partial charge in [-0.3, -0.25) is 0 Å². The van der Waals surface area contributed by atoms with Crippen molar-refractivity contribution in [3.63, 3.8) is 0 Å². The smallest absolute Gasteiger partial charge is 0.337 e. The van der Waals surface area contributed by atoms with Crippen LogP contribution in [0.5, 0.6) is 0 Å². The van der Waals surface area contributed by atoms with Crippen LogP contribution in [-0.2, 0) is 15.6 Å². The SMILES string of the molecule is Cc1nonc1CS(=O)(=O)c1ccc(C(=O)O)c(Cl)c1. The van der Waals surface area contributed by atoms with Gasteiger partial charge in [-0.05, 0) is 25.1 Å². The Morgan fingerprint density at radius 3 is 2.60 bits per heavy atom. The third kappa shape index (κ3) is 2.81. The van der Waals surface area contributed by atoms with E-state index in [0.717, 1.165) is 12.1 Å². The van der Waals surface area contributed by atoms with Gasteiger partial charge in [-0.15, -0.1) is 0 Å². The minimum Gasteiger partial charge on any atom is -0.478 e. The molecule has 0 atom stereocenters. The number of hydrogen-bond acceptors (Lipinski definition) is 6. The fourth-order valence-corrected chi connectivity index (χ4v) is 3.19. The second kappa shape index (κ2) is 5.22. The van der Waals surface area contributed by atoms with Crippen molar-refractivity contribution >= 4 is 27.4 Å². The van der Waals surface area contributed by atoms with Crippen LogP contribution in [0.4, 0.5) is 0 Å². The predicted octanol–water partition coefficient (Wildman–Crippen LogP) is 1.70. The summed E-state index contributed by atoms with van der Waals surface area (Å²) in [6.45, 7) is 1.57. The van der Waals surface area contributed by atoms with E-state index in [9.17, 15) is 13.2 Å². The lowest BCUT2D eigenvalue weighted by Gasteiger charge is -2.05. The Bertz CT molecular complexity index is 769. The second-order valence-corrected chi connectivity index (χ2v) is 6.40. The molecule has 0 aliphatic rings. The number of carboxylic acids is 1. The maximum atomic E-state index is 12.2. The first-order valence-corrected chi connectivity index (χ1v) is 7.38. The Kier molecular flexibility index (Phi) is 3.78. The summed E-state index contributed by atoms with van der Waals surface area (Å²) < 4.78 is 28.8. The Morgan fingerprint density at radius 1 is 1.40 bits per heavy atom. The molecule has 0 amide bonds. The molecule has 1 N–H and O–H groups in total. The van der Waals surface area contributed by atoms with Crippen LogP contribution in [0.2, 0.25) is 5.02 Å². The van der Waals surface area contributed by atoms with E-state index in [4.69, 9.17) is 16.7 Å². The van der Waals surface area contributed by atoms with E-state index < -0.39 is 21.6 Å². The average molecular weight is 317 g/mol. The number of aromatic carboxylic acids is 1. The number of carbonyl (C=O) groups is 1. The van der Waals surface area contributed by atoms with Crippen molar-refractivity contribution in [2.24, 2.45) is 0 Å². The van der Waals surface area contributed by atoms with Gasteiger partial charge in [0.1, 0.15) is 17.1 Å². The van der Waals surface area contributed by atoms with Gasteiger partial charge in [-0.1, -0.05) is 21.9 Å². The molecule has 0 aliphatic carbocycles. The van der Waals surface area contributed by atoms with Crippen LogP contribution < -0.4 is 0 Å². The Labute approximate surface area is 119 Å². The highest BCUT2D eigenvalue weighted by atomic mass is 35.5. The van der Waals surface area contributed by atoms with Gasteiger partial charge in [0.25, 0.3) is 0 Å². The summed E-state index contributed by atoms with van der Waals surface area (Å²) in [5, 5.41) is 15.7. The minimum atomic E-state index is -3.71. The van der Waals surface area contributed by atoms with Crippen LogP contribution in [0.25, 0.3) is 0 Å². The molecular weight excluding hydrogens is 308 g/mol. The molecule has 106 valence electrons. The summed E-state index contributed by atoms with van der Waals surface area (Å²) in [5.74, 6) is -1.62. The summed E-state index contributed by atoms with van der Waals surface area (Å²) in [6, 6.07) is 3.43. The lowest BCUT2D eigenvalue weighted by molar-refractivity contribution is 0.0697. The van der Waals surface area contributed by atoms with Gasteiger partial charge in [0.05, 0.1) is 15.5 Å². The average Bonchev–Trinajstić information content (AvgIpc) is 2.73. The summed E-state index contributed by atoms with van der Waals surface area (Å²) in [6.07, 6.45) is 0. The first kappa shape index (κ1) is 14.5. The molecule has 7 nitrogen and oxygen atoms in total. The molecule has 0 saturated heterocycles. The van der Waals surface area contributed by atoms with Crippen molar-refractivity contribution in [2.75, 3.05) is 0 Å². The molecule has 1 heterocycles. The molecule has 1 aromatic carbocycles. The van der Waals surface area contributed by atoms with Crippen molar-refractivity contribution in [2.45, 2.75) is 17.6 Å². The van der Waals surface area contributed by atoms with Gasteiger partial charge in [0.2, 0.25) is 0 Å². The van der Waals surface area contributed by atoms with E-state index in [2.05, 4.69) is 14.9 Å². The van der Waals surface area contributed by atoms with Gasteiger partial charge in [0.15, 0.2) is 9.84 Å². The number of aryl methyl sites for hydroxylation is 1. The first-order valence-electron chi connectivity index (χ1n) is 5.35. The number of carboxylic acid groups (broad SMARTS) is 1. The highest BCUT2D eigenvalue weighted by Crippen LogP contribution is 2.23. The van der Waals surface area contributed by atoms with Crippen LogP contribution in [0, 0.1) is 6.92 Å². The molecule has 2 rings (SSSR count). The number of sulfone groups is 1.